The van der Waals surface area contributed by atoms with Gasteiger partial charge in [0.25, 0.3) is 5.56 Å². The number of thioether (sulfide) groups is 1. The number of carbonyl (C=O) groups is 2. The van der Waals surface area contributed by atoms with Gasteiger partial charge < -0.3 is 10.6 Å². The molecule has 1 unspecified atom stereocenters. The van der Waals surface area contributed by atoms with E-state index in [1.165, 1.54) is 27.8 Å². The summed E-state index contributed by atoms with van der Waals surface area (Å²) >= 11 is 2.46. The van der Waals surface area contributed by atoms with Crippen LogP contribution in [0, 0.1) is 12.8 Å². The maximum absolute atomic E-state index is 13.0. The predicted molar refractivity (Wildman–Crippen MR) is 121 cm³/mol. The molecule has 1 aromatic carbocycles. The van der Waals surface area contributed by atoms with Crippen LogP contribution in [0.3, 0.4) is 0 Å². The van der Waals surface area contributed by atoms with Gasteiger partial charge in [0.05, 0.1) is 16.6 Å². The normalized spacial score (nSPS) is 14.3. The second-order valence-electron chi connectivity index (χ2n) is 7.32. The van der Waals surface area contributed by atoms with Crippen LogP contribution in [0.4, 0.5) is 10.8 Å². The molecule has 1 saturated carbocycles. The first kappa shape index (κ1) is 21.3. The molecule has 1 aliphatic rings. The Hall–Kier alpha value is -2.92. The molecule has 2 aromatic heterocycles. The number of benzene rings is 1. The maximum Gasteiger partial charge on any atom is 0.295 e. The Morgan fingerprint density at radius 3 is 2.58 bits per heavy atom. The summed E-state index contributed by atoms with van der Waals surface area (Å²) in [6, 6.07) is 9.25. The second-order valence-corrected chi connectivity index (χ2v) is 9.89. The first-order chi connectivity index (χ1) is 14.8. The van der Waals surface area contributed by atoms with Crippen molar-refractivity contribution >= 4 is 45.7 Å². The Kier molecular flexibility index (Phi) is 5.96. The average molecular weight is 459 g/mol. The van der Waals surface area contributed by atoms with Crippen molar-refractivity contribution in [1.29, 1.82) is 0 Å². The lowest BCUT2D eigenvalue weighted by Gasteiger charge is -2.09. The van der Waals surface area contributed by atoms with Crippen molar-refractivity contribution in [3.63, 3.8) is 0 Å². The van der Waals surface area contributed by atoms with Crippen LogP contribution in [0.1, 0.15) is 25.5 Å². The molecule has 4 rings (SSSR count). The zero-order valence-corrected chi connectivity index (χ0v) is 18.9. The van der Waals surface area contributed by atoms with Gasteiger partial charge in [0.1, 0.15) is 5.69 Å². The minimum absolute atomic E-state index is 0.0345. The van der Waals surface area contributed by atoms with Gasteiger partial charge in [0.2, 0.25) is 16.9 Å². The van der Waals surface area contributed by atoms with Gasteiger partial charge in [-0.3, -0.25) is 19.1 Å². The van der Waals surface area contributed by atoms with Crippen LogP contribution in [0.15, 0.2) is 39.5 Å². The lowest BCUT2D eigenvalue weighted by Crippen LogP contribution is -2.27. The highest BCUT2D eigenvalue weighted by Crippen LogP contribution is 2.33. The van der Waals surface area contributed by atoms with E-state index in [1.54, 1.807) is 25.6 Å². The van der Waals surface area contributed by atoms with Crippen molar-refractivity contribution in [2.75, 3.05) is 10.6 Å². The Morgan fingerprint density at radius 2 is 1.90 bits per heavy atom. The van der Waals surface area contributed by atoms with Crippen LogP contribution in [-0.2, 0) is 16.6 Å². The number of aromatic nitrogens is 4. The fourth-order valence-corrected chi connectivity index (χ4v) is 4.90. The monoisotopic (exact) mass is 458 g/mol. The molecule has 11 heteroatoms. The Balaban J connectivity index is 1.44. The summed E-state index contributed by atoms with van der Waals surface area (Å²) in [5.74, 6) is -0.263. The SMILES string of the molecule is Cc1c(NC(=O)C(C)Sc2nnc(NC(=O)C3CC3)s2)c(=O)n(-c2ccccc2)n1C. The molecule has 3 aromatic rings. The van der Waals surface area contributed by atoms with Crippen molar-refractivity contribution in [2.45, 2.75) is 36.3 Å². The standard InChI is InChI=1S/C20H22N6O3S2/c1-11-15(18(29)26(25(11)3)14-7-5-4-6-8-14)21-16(27)12(2)30-20-24-23-19(31-20)22-17(28)13-9-10-13/h4-8,12-13H,9-10H2,1-3H3,(H,21,27)(H,22,23,28). The summed E-state index contributed by atoms with van der Waals surface area (Å²) in [7, 11) is 1.77. The largest absolute Gasteiger partial charge is 0.319 e. The number of carbonyl (C=O) groups excluding carboxylic acids is 2. The van der Waals surface area contributed by atoms with E-state index in [4.69, 9.17) is 0 Å². The third kappa shape index (κ3) is 4.57. The van der Waals surface area contributed by atoms with Gasteiger partial charge in [-0.1, -0.05) is 41.3 Å². The highest BCUT2D eigenvalue weighted by molar-refractivity contribution is 8.02. The minimum Gasteiger partial charge on any atom is -0.319 e. The Labute approximate surface area is 186 Å². The summed E-state index contributed by atoms with van der Waals surface area (Å²) in [5, 5.41) is 13.4. The van der Waals surface area contributed by atoms with E-state index in [-0.39, 0.29) is 29.0 Å². The highest BCUT2D eigenvalue weighted by Gasteiger charge is 2.30. The molecule has 2 amide bonds. The molecule has 1 fully saturated rings. The molecule has 31 heavy (non-hydrogen) atoms. The van der Waals surface area contributed by atoms with Crippen LogP contribution in [0.5, 0.6) is 0 Å². The van der Waals surface area contributed by atoms with Crippen LogP contribution < -0.4 is 16.2 Å². The molecule has 0 bridgehead atoms. The summed E-state index contributed by atoms with van der Waals surface area (Å²) < 4.78 is 3.80. The van der Waals surface area contributed by atoms with Crippen molar-refractivity contribution in [1.82, 2.24) is 19.6 Å². The fourth-order valence-electron chi connectivity index (χ4n) is 3.00. The molecule has 0 spiro atoms. The molecule has 0 saturated heterocycles. The third-order valence-corrected chi connectivity index (χ3v) is 7.06. The number of anilines is 2. The van der Waals surface area contributed by atoms with E-state index in [0.717, 1.165) is 18.5 Å². The summed E-state index contributed by atoms with van der Waals surface area (Å²) in [6.07, 6.45) is 1.82. The van der Waals surface area contributed by atoms with Crippen LogP contribution in [0.2, 0.25) is 0 Å². The molecular weight excluding hydrogens is 436 g/mol. The van der Waals surface area contributed by atoms with Gasteiger partial charge >= 0.3 is 0 Å². The zero-order valence-electron chi connectivity index (χ0n) is 17.3. The fraction of sp³-hybridized carbons (Fsp3) is 0.350. The van der Waals surface area contributed by atoms with Crippen molar-refractivity contribution in [2.24, 2.45) is 13.0 Å². The number of para-hydroxylation sites is 1. The number of hydrogen-bond acceptors (Lipinski definition) is 7. The third-order valence-electron chi connectivity index (χ3n) is 5.03. The molecule has 1 atom stereocenters. The smallest absolute Gasteiger partial charge is 0.295 e. The topological polar surface area (TPSA) is 111 Å². The maximum atomic E-state index is 13.0. The van der Waals surface area contributed by atoms with Crippen LogP contribution >= 0.6 is 23.1 Å². The number of hydrogen-bond donors (Lipinski definition) is 2. The highest BCUT2D eigenvalue weighted by atomic mass is 32.2. The quantitative estimate of drug-likeness (QED) is 0.416. The first-order valence-corrected chi connectivity index (χ1v) is 11.5. The first-order valence-electron chi connectivity index (χ1n) is 9.81. The van der Waals surface area contributed by atoms with E-state index < -0.39 is 5.25 Å². The lowest BCUT2D eigenvalue weighted by atomic mass is 10.3. The van der Waals surface area contributed by atoms with Gasteiger partial charge in [0.15, 0.2) is 4.34 Å². The summed E-state index contributed by atoms with van der Waals surface area (Å²) in [5.41, 5.74) is 1.33. The molecule has 9 nitrogen and oxygen atoms in total. The molecule has 0 radical (unpaired) electrons. The molecule has 2 N–H and O–H groups in total. The molecule has 162 valence electrons. The molecule has 2 heterocycles. The van der Waals surface area contributed by atoms with Crippen molar-refractivity contribution < 1.29 is 9.59 Å². The number of amides is 2. The van der Waals surface area contributed by atoms with E-state index >= 15 is 0 Å². The summed E-state index contributed by atoms with van der Waals surface area (Å²) in [4.78, 5) is 37.5. The van der Waals surface area contributed by atoms with E-state index in [0.29, 0.717) is 15.2 Å². The predicted octanol–water partition coefficient (Wildman–Crippen LogP) is 2.80. The molecule has 1 aliphatic carbocycles. The van der Waals surface area contributed by atoms with Gasteiger partial charge in [0, 0.05) is 13.0 Å². The van der Waals surface area contributed by atoms with Crippen LogP contribution in [0.25, 0.3) is 5.69 Å². The number of nitrogens with zero attached hydrogens (tertiary/aromatic N) is 4. The number of rotatable bonds is 7. The lowest BCUT2D eigenvalue weighted by molar-refractivity contribution is -0.117. The van der Waals surface area contributed by atoms with Crippen LogP contribution in [-0.4, -0.2) is 36.6 Å². The van der Waals surface area contributed by atoms with Crippen molar-refractivity contribution in [3.05, 3.63) is 46.4 Å². The average Bonchev–Trinajstić information content (AvgIpc) is 3.49. The van der Waals surface area contributed by atoms with Gasteiger partial charge in [-0.25, -0.2) is 4.68 Å². The van der Waals surface area contributed by atoms with Crippen molar-refractivity contribution in [3.8, 4) is 5.69 Å². The second kappa shape index (κ2) is 8.67. The molecular formula is C20H22N6O3S2. The zero-order chi connectivity index (χ0) is 22.1. The minimum atomic E-state index is -0.510. The van der Waals surface area contributed by atoms with E-state index in [9.17, 15) is 14.4 Å². The number of nitrogens with one attached hydrogen (secondary N) is 2. The Morgan fingerprint density at radius 1 is 1.19 bits per heavy atom. The van der Waals surface area contributed by atoms with E-state index in [1.807, 2.05) is 30.3 Å². The molecule has 0 aliphatic heterocycles. The van der Waals surface area contributed by atoms with Gasteiger partial charge in [-0.2, -0.15) is 0 Å². The van der Waals surface area contributed by atoms with E-state index in [2.05, 4.69) is 20.8 Å². The van der Waals surface area contributed by atoms with Gasteiger partial charge in [-0.15, -0.1) is 10.2 Å². The summed E-state index contributed by atoms with van der Waals surface area (Å²) in [6.45, 7) is 3.52. The van der Waals surface area contributed by atoms with Gasteiger partial charge in [-0.05, 0) is 38.8 Å². The Bertz CT molecular complexity index is 1180.